The maximum absolute atomic E-state index is 11.7. The van der Waals surface area contributed by atoms with Gasteiger partial charge in [0.1, 0.15) is 0 Å². The van der Waals surface area contributed by atoms with Crippen LogP contribution in [0.25, 0.3) is 0 Å². The number of hydrogen-bond acceptors (Lipinski definition) is 1. The molecule has 0 aliphatic heterocycles. The van der Waals surface area contributed by atoms with Crippen molar-refractivity contribution in [3.05, 3.63) is 29.8 Å². The summed E-state index contributed by atoms with van der Waals surface area (Å²) >= 11 is 0. The lowest BCUT2D eigenvalue weighted by Gasteiger charge is -2.05. The molecule has 2 rings (SSSR count). The van der Waals surface area contributed by atoms with Crippen molar-refractivity contribution in [3.8, 4) is 0 Å². The van der Waals surface area contributed by atoms with Crippen LogP contribution in [0.2, 0.25) is 0 Å². The topological polar surface area (TPSA) is 29.1 Å². The second-order valence-electron chi connectivity index (χ2n) is 4.76. The van der Waals surface area contributed by atoms with Gasteiger partial charge in [0, 0.05) is 11.6 Å². The van der Waals surface area contributed by atoms with Crippen molar-refractivity contribution < 1.29 is 4.79 Å². The van der Waals surface area contributed by atoms with Crippen LogP contribution in [0.1, 0.15) is 32.3 Å². The van der Waals surface area contributed by atoms with Gasteiger partial charge >= 0.3 is 0 Å². The summed E-state index contributed by atoms with van der Waals surface area (Å²) in [5, 5.41) is 2.96. The van der Waals surface area contributed by atoms with E-state index in [-0.39, 0.29) is 11.8 Å². The third kappa shape index (κ3) is 2.63. The first-order valence-electron chi connectivity index (χ1n) is 6.10. The summed E-state index contributed by atoms with van der Waals surface area (Å²) in [6.07, 6.45) is 3.30. The lowest BCUT2D eigenvalue weighted by atomic mass is 10.1. The number of carbonyl (C=O) groups excluding carboxylic acids is 1. The summed E-state index contributed by atoms with van der Waals surface area (Å²) in [5.74, 6) is 0.991. The molecule has 0 aromatic heterocycles. The fraction of sp³-hybridized carbons (Fsp3) is 0.500. The number of nitrogens with one attached hydrogen (secondary N) is 1. The molecule has 2 nitrogen and oxygen atoms in total. The molecule has 0 heterocycles. The summed E-state index contributed by atoms with van der Waals surface area (Å²) in [4.78, 5) is 11.7. The van der Waals surface area contributed by atoms with Gasteiger partial charge in [-0.05, 0) is 36.5 Å². The summed E-state index contributed by atoms with van der Waals surface area (Å²) < 4.78 is 0. The number of aryl methyl sites for hydroxylation is 1. The van der Waals surface area contributed by atoms with Crippen molar-refractivity contribution in [1.29, 1.82) is 0 Å². The van der Waals surface area contributed by atoms with Crippen LogP contribution in [0.3, 0.4) is 0 Å². The highest BCUT2D eigenvalue weighted by Gasteiger charge is 2.38. The van der Waals surface area contributed by atoms with Gasteiger partial charge in [0.2, 0.25) is 5.91 Å². The lowest BCUT2D eigenvalue weighted by Crippen LogP contribution is -2.14. The van der Waals surface area contributed by atoms with E-state index < -0.39 is 0 Å². The van der Waals surface area contributed by atoms with Gasteiger partial charge in [-0.2, -0.15) is 0 Å². The van der Waals surface area contributed by atoms with Crippen molar-refractivity contribution in [1.82, 2.24) is 0 Å². The maximum Gasteiger partial charge on any atom is 0.227 e. The summed E-state index contributed by atoms with van der Waals surface area (Å²) in [6, 6.07) is 8.18. The summed E-state index contributed by atoms with van der Waals surface area (Å²) in [5.41, 5.74) is 2.25. The summed E-state index contributed by atoms with van der Waals surface area (Å²) in [6.45, 7) is 4.29. The smallest absolute Gasteiger partial charge is 0.227 e. The van der Waals surface area contributed by atoms with Gasteiger partial charge in [-0.25, -0.2) is 0 Å². The molecule has 0 bridgehead atoms. The average Bonchev–Trinajstić information content (AvgIpc) is 2.99. The fourth-order valence-electron chi connectivity index (χ4n) is 1.97. The zero-order valence-electron chi connectivity index (χ0n) is 9.99. The second kappa shape index (κ2) is 4.69. The molecule has 1 amide bonds. The van der Waals surface area contributed by atoms with E-state index in [4.69, 9.17) is 0 Å². The van der Waals surface area contributed by atoms with Crippen molar-refractivity contribution >= 4 is 11.6 Å². The van der Waals surface area contributed by atoms with Crippen LogP contribution in [0.5, 0.6) is 0 Å². The van der Waals surface area contributed by atoms with E-state index >= 15 is 0 Å². The molecule has 0 radical (unpaired) electrons. The highest BCUT2D eigenvalue weighted by molar-refractivity contribution is 5.94. The minimum absolute atomic E-state index is 0.177. The standard InChI is InChI=1S/C14H19NO/c1-3-4-11-5-7-12(8-6-11)15-14(16)13-9-10(13)2/h5-8,10,13H,3-4,9H2,1-2H3,(H,15,16). The minimum Gasteiger partial charge on any atom is -0.326 e. The quantitative estimate of drug-likeness (QED) is 0.824. The molecule has 1 aromatic rings. The molecule has 1 fully saturated rings. The van der Waals surface area contributed by atoms with E-state index in [0.717, 1.165) is 24.9 Å². The minimum atomic E-state index is 0.177. The third-order valence-electron chi connectivity index (χ3n) is 3.21. The van der Waals surface area contributed by atoms with Crippen LogP contribution in [0.4, 0.5) is 5.69 Å². The van der Waals surface area contributed by atoms with Crippen molar-refractivity contribution in [3.63, 3.8) is 0 Å². The first-order chi connectivity index (χ1) is 7.70. The van der Waals surface area contributed by atoms with Crippen molar-refractivity contribution in [2.75, 3.05) is 5.32 Å². The van der Waals surface area contributed by atoms with Crippen LogP contribution in [-0.2, 0) is 11.2 Å². The molecular formula is C14H19NO. The number of rotatable bonds is 4. The zero-order valence-corrected chi connectivity index (χ0v) is 9.99. The van der Waals surface area contributed by atoms with Gasteiger partial charge in [0.25, 0.3) is 0 Å². The van der Waals surface area contributed by atoms with Crippen LogP contribution >= 0.6 is 0 Å². The molecule has 1 N–H and O–H groups in total. The largest absolute Gasteiger partial charge is 0.326 e. The number of carbonyl (C=O) groups is 1. The Hall–Kier alpha value is -1.31. The Morgan fingerprint density at radius 1 is 1.38 bits per heavy atom. The Morgan fingerprint density at radius 2 is 2.00 bits per heavy atom. The molecule has 1 aliphatic carbocycles. The zero-order chi connectivity index (χ0) is 11.5. The lowest BCUT2D eigenvalue weighted by molar-refractivity contribution is -0.117. The van der Waals surface area contributed by atoms with Gasteiger partial charge in [-0.1, -0.05) is 32.4 Å². The Morgan fingerprint density at radius 3 is 2.50 bits per heavy atom. The molecular weight excluding hydrogens is 198 g/mol. The van der Waals surface area contributed by atoms with Crippen LogP contribution in [-0.4, -0.2) is 5.91 Å². The third-order valence-corrected chi connectivity index (χ3v) is 3.21. The predicted octanol–water partition coefficient (Wildman–Crippen LogP) is 3.23. The first kappa shape index (κ1) is 11.2. The molecule has 86 valence electrons. The van der Waals surface area contributed by atoms with Crippen LogP contribution in [0.15, 0.2) is 24.3 Å². The van der Waals surface area contributed by atoms with E-state index in [0.29, 0.717) is 5.92 Å². The van der Waals surface area contributed by atoms with Gasteiger partial charge in [0.15, 0.2) is 0 Å². The SMILES string of the molecule is CCCc1ccc(NC(=O)C2CC2C)cc1. The van der Waals surface area contributed by atoms with Crippen LogP contribution < -0.4 is 5.32 Å². The highest BCUT2D eigenvalue weighted by Crippen LogP contribution is 2.38. The van der Waals surface area contributed by atoms with Gasteiger partial charge < -0.3 is 5.32 Å². The Bertz CT molecular complexity index is 369. The molecule has 16 heavy (non-hydrogen) atoms. The molecule has 2 unspecified atom stereocenters. The summed E-state index contributed by atoms with van der Waals surface area (Å²) in [7, 11) is 0. The fourth-order valence-corrected chi connectivity index (χ4v) is 1.97. The van der Waals surface area contributed by atoms with Gasteiger partial charge in [-0.15, -0.1) is 0 Å². The molecule has 0 saturated heterocycles. The maximum atomic E-state index is 11.7. The normalized spacial score (nSPS) is 22.9. The molecule has 1 saturated carbocycles. The van der Waals surface area contributed by atoms with E-state index in [1.807, 2.05) is 12.1 Å². The van der Waals surface area contributed by atoms with Crippen molar-refractivity contribution in [2.24, 2.45) is 11.8 Å². The average molecular weight is 217 g/mol. The predicted molar refractivity (Wildman–Crippen MR) is 66.3 cm³/mol. The first-order valence-corrected chi connectivity index (χ1v) is 6.10. The Kier molecular flexibility index (Phi) is 3.28. The Labute approximate surface area is 97.1 Å². The van der Waals surface area contributed by atoms with Gasteiger partial charge in [0.05, 0.1) is 0 Å². The van der Waals surface area contributed by atoms with Gasteiger partial charge in [-0.3, -0.25) is 4.79 Å². The highest BCUT2D eigenvalue weighted by atomic mass is 16.2. The van der Waals surface area contributed by atoms with Crippen molar-refractivity contribution in [2.45, 2.75) is 33.1 Å². The molecule has 1 aliphatic rings. The number of hydrogen-bond donors (Lipinski definition) is 1. The molecule has 1 aromatic carbocycles. The number of anilines is 1. The number of amides is 1. The Balaban J connectivity index is 1.92. The molecule has 0 spiro atoms. The molecule has 2 atom stereocenters. The monoisotopic (exact) mass is 217 g/mol. The van der Waals surface area contributed by atoms with Crippen LogP contribution in [0, 0.1) is 11.8 Å². The number of benzene rings is 1. The molecule has 2 heteroatoms. The van der Waals surface area contributed by atoms with E-state index in [2.05, 4.69) is 31.3 Å². The van der Waals surface area contributed by atoms with E-state index in [1.54, 1.807) is 0 Å². The van der Waals surface area contributed by atoms with E-state index in [9.17, 15) is 4.79 Å². The second-order valence-corrected chi connectivity index (χ2v) is 4.76. The van der Waals surface area contributed by atoms with E-state index in [1.165, 1.54) is 5.56 Å².